The molecule has 0 spiro atoms. The minimum Gasteiger partial charge on any atom is -0.420 e. The van der Waals surface area contributed by atoms with Crippen molar-refractivity contribution in [2.45, 2.75) is 12.8 Å². The SMILES string of the molecule is Cc1nn(-c2cccc(Cl)c2)c2c1[C@H](c1cccnc1)c1c(ncn3nc(-c4cccs4)nc13)O2. The molecule has 1 atom stereocenters. The molecule has 1 aliphatic heterocycles. The topological polar surface area (TPSA) is 83.0 Å². The molecule has 0 amide bonds. The van der Waals surface area contributed by atoms with E-state index in [1.165, 1.54) is 0 Å². The number of ether oxygens (including phenoxy) is 1. The second-order valence-corrected chi connectivity index (χ2v) is 9.55. The molecule has 0 radical (unpaired) electrons. The highest BCUT2D eigenvalue weighted by Crippen LogP contribution is 2.49. The monoisotopic (exact) mass is 497 g/mol. The lowest BCUT2D eigenvalue weighted by molar-refractivity contribution is 0.402. The van der Waals surface area contributed by atoms with E-state index in [1.807, 2.05) is 67.0 Å². The summed E-state index contributed by atoms with van der Waals surface area (Å²) in [6, 6.07) is 15.5. The number of pyridine rings is 1. The summed E-state index contributed by atoms with van der Waals surface area (Å²) < 4.78 is 9.91. The number of aromatic nitrogens is 7. The van der Waals surface area contributed by atoms with Crippen LogP contribution in [0, 0.1) is 6.92 Å². The number of benzene rings is 1. The van der Waals surface area contributed by atoms with Crippen LogP contribution in [0.25, 0.3) is 22.0 Å². The lowest BCUT2D eigenvalue weighted by Gasteiger charge is -2.26. The van der Waals surface area contributed by atoms with Gasteiger partial charge in [-0.1, -0.05) is 29.8 Å². The molecule has 0 N–H and O–H groups in total. The Morgan fingerprint density at radius 2 is 2.00 bits per heavy atom. The molecule has 8 nitrogen and oxygen atoms in total. The molecular weight excluding hydrogens is 482 g/mol. The summed E-state index contributed by atoms with van der Waals surface area (Å²) in [5, 5.41) is 12.1. The summed E-state index contributed by atoms with van der Waals surface area (Å²) in [5.74, 6) is 1.47. The Bertz CT molecular complexity index is 1710. The molecule has 10 heteroatoms. The Balaban J connectivity index is 1.50. The molecule has 0 saturated carbocycles. The molecule has 1 aliphatic rings. The summed E-state index contributed by atoms with van der Waals surface area (Å²) in [6.07, 6.45) is 5.26. The largest absolute Gasteiger partial charge is 0.420 e. The maximum atomic E-state index is 6.43. The van der Waals surface area contributed by atoms with Crippen LogP contribution in [-0.2, 0) is 0 Å². The fraction of sp³-hybridized carbons (Fsp3) is 0.0800. The minimum absolute atomic E-state index is 0.244. The summed E-state index contributed by atoms with van der Waals surface area (Å²) in [4.78, 5) is 14.9. The number of thiophene rings is 1. The minimum atomic E-state index is -0.244. The zero-order valence-corrected chi connectivity index (χ0v) is 19.9. The van der Waals surface area contributed by atoms with Crippen molar-refractivity contribution in [1.29, 1.82) is 0 Å². The van der Waals surface area contributed by atoms with Crippen molar-refractivity contribution >= 4 is 28.6 Å². The van der Waals surface area contributed by atoms with E-state index in [2.05, 4.69) is 15.1 Å². The lowest BCUT2D eigenvalue weighted by Crippen LogP contribution is -2.16. The molecule has 6 aromatic rings. The van der Waals surface area contributed by atoms with Gasteiger partial charge in [-0.3, -0.25) is 4.98 Å². The Labute approximate surface area is 208 Å². The first kappa shape index (κ1) is 20.3. The average Bonchev–Trinajstić information content (AvgIpc) is 3.62. The van der Waals surface area contributed by atoms with Gasteiger partial charge in [-0.25, -0.2) is 19.2 Å². The molecule has 0 unspecified atom stereocenters. The molecule has 5 aromatic heterocycles. The van der Waals surface area contributed by atoms with E-state index >= 15 is 0 Å². The molecule has 1 aromatic carbocycles. The predicted octanol–water partition coefficient (Wildman–Crippen LogP) is 5.68. The third kappa shape index (κ3) is 3.16. The van der Waals surface area contributed by atoms with Gasteiger partial charge in [0.1, 0.15) is 6.33 Å². The number of hydrogen-bond donors (Lipinski definition) is 0. The van der Waals surface area contributed by atoms with Crippen LogP contribution in [0.3, 0.4) is 0 Å². The fourth-order valence-electron chi connectivity index (χ4n) is 4.55. The van der Waals surface area contributed by atoms with Gasteiger partial charge in [-0.15, -0.1) is 16.4 Å². The van der Waals surface area contributed by atoms with Crippen LogP contribution in [0.5, 0.6) is 11.8 Å². The van der Waals surface area contributed by atoms with Gasteiger partial charge in [0.15, 0.2) is 11.5 Å². The first-order chi connectivity index (χ1) is 17.2. The van der Waals surface area contributed by atoms with Crippen molar-refractivity contribution in [2.75, 3.05) is 0 Å². The molecular formula is C25H16ClN7OS. The van der Waals surface area contributed by atoms with Crippen molar-refractivity contribution in [3.05, 3.63) is 100 Å². The molecule has 6 heterocycles. The van der Waals surface area contributed by atoms with E-state index in [1.54, 1.807) is 33.1 Å². The molecule has 0 bridgehead atoms. The zero-order valence-electron chi connectivity index (χ0n) is 18.3. The molecule has 0 fully saturated rings. The number of halogens is 1. The third-order valence-electron chi connectivity index (χ3n) is 6.03. The molecule has 0 aliphatic carbocycles. The number of rotatable bonds is 3. The van der Waals surface area contributed by atoms with Crippen LogP contribution >= 0.6 is 22.9 Å². The van der Waals surface area contributed by atoms with Crippen molar-refractivity contribution in [3.63, 3.8) is 0 Å². The highest BCUT2D eigenvalue weighted by Gasteiger charge is 2.38. The van der Waals surface area contributed by atoms with Crippen LogP contribution in [-0.4, -0.2) is 34.3 Å². The van der Waals surface area contributed by atoms with E-state index in [0.717, 1.165) is 32.9 Å². The second kappa shape index (κ2) is 7.72. The summed E-state index contributed by atoms with van der Waals surface area (Å²) in [6.45, 7) is 1.98. The molecule has 170 valence electrons. The summed E-state index contributed by atoms with van der Waals surface area (Å²) in [5.41, 5.74) is 5.08. The van der Waals surface area contributed by atoms with E-state index in [-0.39, 0.29) is 5.92 Å². The Kier molecular flexibility index (Phi) is 4.48. The number of nitrogens with zero attached hydrogens (tertiary/aromatic N) is 7. The third-order valence-corrected chi connectivity index (χ3v) is 7.13. The van der Waals surface area contributed by atoms with E-state index < -0.39 is 0 Å². The van der Waals surface area contributed by atoms with Gasteiger partial charge < -0.3 is 4.74 Å². The first-order valence-corrected chi connectivity index (χ1v) is 12.2. The standard InChI is InChI=1S/C25H16ClN7OS/c1-14-19-20(15-5-3-9-27-12-15)21-23-29-22(18-8-4-10-35-18)31-32(23)13-28-24(21)34-25(19)33(30-14)17-7-2-6-16(26)11-17/h2-13,20H,1H3/t20-/m0/s1. The quantitative estimate of drug-likeness (QED) is 0.312. The van der Waals surface area contributed by atoms with Crippen molar-refractivity contribution in [2.24, 2.45) is 0 Å². The Hall–Kier alpha value is -4.08. The lowest BCUT2D eigenvalue weighted by atomic mass is 9.85. The average molecular weight is 498 g/mol. The van der Waals surface area contributed by atoms with Gasteiger partial charge in [-0.2, -0.15) is 5.10 Å². The maximum Gasteiger partial charge on any atom is 0.230 e. The smallest absolute Gasteiger partial charge is 0.230 e. The molecule has 0 saturated heterocycles. The van der Waals surface area contributed by atoms with E-state index in [0.29, 0.717) is 28.3 Å². The van der Waals surface area contributed by atoms with Gasteiger partial charge in [0.05, 0.1) is 33.3 Å². The maximum absolute atomic E-state index is 6.43. The Morgan fingerprint density at radius 3 is 2.80 bits per heavy atom. The van der Waals surface area contributed by atoms with Gasteiger partial charge in [0.25, 0.3) is 0 Å². The second-order valence-electron chi connectivity index (χ2n) is 8.16. The van der Waals surface area contributed by atoms with E-state index in [4.69, 9.17) is 26.4 Å². The highest BCUT2D eigenvalue weighted by atomic mass is 35.5. The zero-order chi connectivity index (χ0) is 23.5. The number of hydrogen-bond acceptors (Lipinski definition) is 7. The first-order valence-electron chi connectivity index (χ1n) is 10.9. The van der Waals surface area contributed by atoms with Gasteiger partial charge in [0.2, 0.25) is 11.8 Å². The van der Waals surface area contributed by atoms with Crippen molar-refractivity contribution in [1.82, 2.24) is 34.3 Å². The molecule has 7 rings (SSSR count). The fourth-order valence-corrected chi connectivity index (χ4v) is 5.39. The van der Waals surface area contributed by atoms with Gasteiger partial charge >= 0.3 is 0 Å². The van der Waals surface area contributed by atoms with Crippen molar-refractivity contribution in [3.8, 4) is 28.1 Å². The highest BCUT2D eigenvalue weighted by molar-refractivity contribution is 7.13. The summed E-state index contributed by atoms with van der Waals surface area (Å²) >= 11 is 7.88. The Morgan fingerprint density at radius 1 is 1.06 bits per heavy atom. The van der Waals surface area contributed by atoms with Crippen LogP contribution in [0.4, 0.5) is 0 Å². The van der Waals surface area contributed by atoms with Crippen molar-refractivity contribution < 1.29 is 4.74 Å². The predicted molar refractivity (Wildman–Crippen MR) is 133 cm³/mol. The van der Waals surface area contributed by atoms with E-state index in [9.17, 15) is 0 Å². The normalized spacial score (nSPS) is 14.5. The van der Waals surface area contributed by atoms with Crippen LogP contribution in [0.2, 0.25) is 5.02 Å². The van der Waals surface area contributed by atoms with Gasteiger partial charge in [0, 0.05) is 17.4 Å². The van der Waals surface area contributed by atoms with Crippen LogP contribution < -0.4 is 4.74 Å². The summed E-state index contributed by atoms with van der Waals surface area (Å²) in [7, 11) is 0. The van der Waals surface area contributed by atoms with Crippen LogP contribution in [0.1, 0.15) is 28.3 Å². The number of fused-ring (bicyclic) bond motifs is 4. The molecule has 35 heavy (non-hydrogen) atoms. The number of aryl methyl sites for hydroxylation is 1. The van der Waals surface area contributed by atoms with Crippen LogP contribution in [0.15, 0.2) is 72.6 Å². The van der Waals surface area contributed by atoms with Gasteiger partial charge in [-0.05, 0) is 48.2 Å².